The number of amides is 1. The topological polar surface area (TPSA) is 75.0 Å². The Hall–Kier alpha value is -3.60. The number of hydrogen-bond acceptors (Lipinski definition) is 5. The van der Waals surface area contributed by atoms with E-state index in [2.05, 4.69) is 4.99 Å². The number of guanidine groups is 1. The van der Waals surface area contributed by atoms with Crippen molar-refractivity contribution < 1.29 is 26.4 Å². The summed E-state index contributed by atoms with van der Waals surface area (Å²) in [6, 6.07) is 12.4. The number of benzene rings is 2. The molecule has 2 aliphatic heterocycles. The van der Waals surface area contributed by atoms with Crippen LogP contribution in [0.4, 0.5) is 18.9 Å². The number of anilines is 1. The predicted molar refractivity (Wildman–Crippen MR) is 133 cm³/mol. The van der Waals surface area contributed by atoms with Gasteiger partial charge in [0.05, 0.1) is 28.2 Å². The minimum Gasteiger partial charge on any atom is -0.329 e. The molecule has 0 atom stereocenters. The summed E-state index contributed by atoms with van der Waals surface area (Å²) in [6.07, 6.45) is -4.49. The molecule has 0 fully saturated rings. The van der Waals surface area contributed by atoms with Crippen LogP contribution < -0.4 is 4.90 Å². The number of nitrogens with zero attached hydrogens (tertiary/aromatic N) is 4. The molecule has 3 heterocycles. The summed E-state index contributed by atoms with van der Waals surface area (Å²) in [5, 5.41) is -0.188. The molecule has 37 heavy (non-hydrogen) atoms. The van der Waals surface area contributed by atoms with E-state index in [9.17, 15) is 26.4 Å². The van der Waals surface area contributed by atoms with Gasteiger partial charge in [0.15, 0.2) is 5.03 Å². The van der Waals surface area contributed by atoms with E-state index < -0.39 is 33.0 Å². The summed E-state index contributed by atoms with van der Waals surface area (Å²) < 4.78 is 68.8. The molecule has 5 rings (SSSR count). The highest BCUT2D eigenvalue weighted by molar-refractivity contribution is 7.91. The second-order valence-electron chi connectivity index (χ2n) is 9.89. The van der Waals surface area contributed by atoms with Gasteiger partial charge in [0.2, 0.25) is 15.8 Å². The minimum atomic E-state index is -4.49. The zero-order chi connectivity index (χ0) is 26.9. The summed E-state index contributed by atoms with van der Waals surface area (Å²) in [5.74, 6) is -0.0765. The van der Waals surface area contributed by atoms with E-state index in [1.807, 2.05) is 18.7 Å². The Morgan fingerprint density at radius 1 is 1.03 bits per heavy atom. The number of halogens is 3. The van der Waals surface area contributed by atoms with Crippen LogP contribution in [-0.4, -0.2) is 48.9 Å². The number of aromatic nitrogens is 1. The highest BCUT2D eigenvalue weighted by atomic mass is 32.2. The number of alkyl halides is 3. The fourth-order valence-corrected chi connectivity index (χ4v) is 6.58. The summed E-state index contributed by atoms with van der Waals surface area (Å²) in [5.41, 5.74) is 0.155. The Labute approximate surface area is 212 Å². The van der Waals surface area contributed by atoms with Gasteiger partial charge >= 0.3 is 6.18 Å². The molecule has 0 saturated heterocycles. The molecule has 1 aromatic heterocycles. The highest BCUT2D eigenvalue weighted by Crippen LogP contribution is 2.43. The largest absolute Gasteiger partial charge is 0.416 e. The fourth-order valence-electron chi connectivity index (χ4n) is 4.90. The zero-order valence-corrected chi connectivity index (χ0v) is 21.5. The van der Waals surface area contributed by atoms with Crippen molar-refractivity contribution in [3.05, 3.63) is 77.0 Å². The molecule has 0 N–H and O–H groups in total. The van der Waals surface area contributed by atoms with Gasteiger partial charge in [0.1, 0.15) is 5.56 Å². The molecule has 0 aliphatic carbocycles. The summed E-state index contributed by atoms with van der Waals surface area (Å²) in [7, 11) is -2.63. The lowest BCUT2D eigenvalue weighted by Gasteiger charge is -2.32. The van der Waals surface area contributed by atoms with Crippen LogP contribution in [0.1, 0.15) is 41.0 Å². The molecule has 11 heteroatoms. The van der Waals surface area contributed by atoms with Crippen LogP contribution >= 0.6 is 0 Å². The van der Waals surface area contributed by atoms with Crippen molar-refractivity contribution in [1.82, 2.24) is 9.47 Å². The summed E-state index contributed by atoms with van der Waals surface area (Å²) in [6.45, 7) is 5.95. The standard InChI is InChI=1S/C26H25F3N4O3S/c1-16-21-20(22(34)31(4)24-30-25(2,3)15-33(21)24)23(37(35,36)19-8-6-5-7-9-19)32(16)14-17-10-12-18(13-11-17)26(27,28)29/h5-13H,14-15H2,1-4H3. The van der Waals surface area contributed by atoms with Gasteiger partial charge < -0.3 is 9.47 Å². The number of hydrogen-bond donors (Lipinski definition) is 0. The quantitative estimate of drug-likeness (QED) is 0.489. The van der Waals surface area contributed by atoms with Gasteiger partial charge in [-0.3, -0.25) is 9.69 Å². The third-order valence-electron chi connectivity index (χ3n) is 6.65. The Morgan fingerprint density at radius 2 is 1.65 bits per heavy atom. The SMILES string of the molecule is Cc1c2c(c(S(=O)(=O)c3ccccc3)n1Cc1ccc(C(F)(F)F)cc1)C(=O)N(C)C1=NC(C)(C)CN12. The van der Waals surface area contributed by atoms with E-state index in [1.165, 1.54) is 33.7 Å². The molecular formula is C26H25F3N4O3S. The second kappa shape index (κ2) is 8.20. The monoisotopic (exact) mass is 530 g/mol. The van der Waals surface area contributed by atoms with Gasteiger partial charge in [-0.05, 0) is 50.6 Å². The number of carbonyl (C=O) groups is 1. The van der Waals surface area contributed by atoms with Crippen molar-refractivity contribution in [2.24, 2.45) is 4.99 Å². The van der Waals surface area contributed by atoms with Crippen LogP contribution in [0.3, 0.4) is 0 Å². The molecular weight excluding hydrogens is 505 g/mol. The first-order valence-corrected chi connectivity index (χ1v) is 13.1. The number of fused-ring (bicyclic) bond motifs is 3. The lowest BCUT2D eigenvalue weighted by Crippen LogP contribution is -2.48. The normalized spacial score (nSPS) is 17.1. The van der Waals surface area contributed by atoms with E-state index in [0.29, 0.717) is 29.4 Å². The first kappa shape index (κ1) is 25.1. The van der Waals surface area contributed by atoms with Crippen molar-refractivity contribution in [3.63, 3.8) is 0 Å². The van der Waals surface area contributed by atoms with Crippen molar-refractivity contribution in [3.8, 4) is 0 Å². The van der Waals surface area contributed by atoms with Crippen LogP contribution in [0, 0.1) is 6.92 Å². The van der Waals surface area contributed by atoms with E-state index in [-0.39, 0.29) is 22.0 Å². The maximum Gasteiger partial charge on any atom is 0.416 e. The number of sulfone groups is 1. The molecule has 0 spiro atoms. The molecule has 2 aromatic carbocycles. The lowest BCUT2D eigenvalue weighted by molar-refractivity contribution is -0.137. The van der Waals surface area contributed by atoms with E-state index in [4.69, 9.17) is 0 Å². The summed E-state index contributed by atoms with van der Waals surface area (Å²) >= 11 is 0. The van der Waals surface area contributed by atoms with Crippen molar-refractivity contribution in [2.75, 3.05) is 18.5 Å². The number of carbonyl (C=O) groups excluding carboxylic acids is 1. The van der Waals surface area contributed by atoms with E-state index in [0.717, 1.165) is 12.1 Å². The predicted octanol–water partition coefficient (Wildman–Crippen LogP) is 4.74. The van der Waals surface area contributed by atoms with Gasteiger partial charge in [-0.15, -0.1) is 0 Å². The van der Waals surface area contributed by atoms with Crippen LogP contribution in [0.25, 0.3) is 0 Å². The summed E-state index contributed by atoms with van der Waals surface area (Å²) in [4.78, 5) is 21.5. The Bertz CT molecular complexity index is 1540. The third-order valence-corrected chi connectivity index (χ3v) is 8.48. The van der Waals surface area contributed by atoms with E-state index in [1.54, 1.807) is 32.2 Å². The third kappa shape index (κ3) is 4.01. The van der Waals surface area contributed by atoms with Gasteiger partial charge in [-0.1, -0.05) is 30.3 Å². The highest BCUT2D eigenvalue weighted by Gasteiger charge is 2.47. The van der Waals surface area contributed by atoms with Crippen molar-refractivity contribution in [2.45, 2.75) is 49.0 Å². The van der Waals surface area contributed by atoms with Gasteiger partial charge in [-0.2, -0.15) is 13.2 Å². The van der Waals surface area contributed by atoms with Crippen LogP contribution in [0.5, 0.6) is 0 Å². The van der Waals surface area contributed by atoms with Crippen LogP contribution in [-0.2, 0) is 22.6 Å². The smallest absolute Gasteiger partial charge is 0.329 e. The molecule has 2 aliphatic rings. The van der Waals surface area contributed by atoms with Gasteiger partial charge in [0.25, 0.3) is 5.91 Å². The molecule has 7 nitrogen and oxygen atoms in total. The molecule has 1 amide bonds. The fraction of sp³-hybridized carbons (Fsp3) is 0.308. The van der Waals surface area contributed by atoms with Gasteiger partial charge in [0, 0.05) is 19.3 Å². The average Bonchev–Trinajstić information content (AvgIpc) is 3.31. The molecule has 0 saturated carbocycles. The number of aliphatic imine (C=N–C) groups is 1. The maximum absolute atomic E-state index is 14.0. The van der Waals surface area contributed by atoms with E-state index >= 15 is 0 Å². The van der Waals surface area contributed by atoms with Crippen molar-refractivity contribution >= 4 is 27.4 Å². The minimum absolute atomic E-state index is 0.0145. The van der Waals surface area contributed by atoms with Crippen LogP contribution in [0.2, 0.25) is 0 Å². The average molecular weight is 531 g/mol. The Kier molecular flexibility index (Phi) is 5.56. The first-order chi connectivity index (χ1) is 17.2. The second-order valence-corrected chi connectivity index (χ2v) is 11.8. The molecule has 0 bridgehead atoms. The maximum atomic E-state index is 14.0. The molecule has 194 valence electrons. The first-order valence-electron chi connectivity index (χ1n) is 11.6. The van der Waals surface area contributed by atoms with Crippen molar-refractivity contribution in [1.29, 1.82) is 0 Å². The zero-order valence-electron chi connectivity index (χ0n) is 20.7. The molecule has 3 aromatic rings. The Balaban J connectivity index is 1.75. The molecule has 0 unspecified atom stereocenters. The number of rotatable bonds is 4. The van der Waals surface area contributed by atoms with Gasteiger partial charge in [-0.25, -0.2) is 13.4 Å². The Morgan fingerprint density at radius 3 is 2.24 bits per heavy atom. The lowest BCUT2D eigenvalue weighted by atomic mass is 10.1. The molecule has 0 radical (unpaired) electrons. The van der Waals surface area contributed by atoms with Crippen LogP contribution in [0.15, 0.2) is 69.5 Å².